The van der Waals surface area contributed by atoms with Crippen molar-refractivity contribution < 1.29 is 31.8 Å². The van der Waals surface area contributed by atoms with E-state index in [1.807, 2.05) is 0 Å². The quantitative estimate of drug-likeness (QED) is 0.578. The minimum atomic E-state index is -4.65. The molecule has 2 aromatic rings. The number of ether oxygens (including phenoxy) is 2. The van der Waals surface area contributed by atoms with Gasteiger partial charge in [0, 0.05) is 23.9 Å². The van der Waals surface area contributed by atoms with Gasteiger partial charge in [0.1, 0.15) is 23.8 Å². The van der Waals surface area contributed by atoms with Crippen molar-refractivity contribution >= 4 is 35.4 Å². The molecule has 2 aliphatic rings. The molecular weight excluding hydrogens is 480 g/mol. The SMILES string of the molecule is CC1N=CC(NC(=O)Nc2ccc(Cl)c(F)c2)C(Oc2ccccc2C2(C(F)(F)F)CCO2)=N1. The van der Waals surface area contributed by atoms with Crippen molar-refractivity contribution in [2.75, 3.05) is 11.9 Å². The molecule has 34 heavy (non-hydrogen) atoms. The standard InChI is InChI=1S/C22H19ClF4N4O3/c1-12-28-11-17(31-20(32)30-13-6-7-15(23)16(24)10-13)19(29-12)34-18-5-3-2-4-14(18)21(8-9-33-21)22(25,26)27/h2-7,10-12,17H,8-9H2,1H3,(H2,30,31,32). The number of hydrogen-bond donors (Lipinski definition) is 2. The summed E-state index contributed by atoms with van der Waals surface area (Å²) in [5, 5.41) is 4.88. The van der Waals surface area contributed by atoms with Crippen molar-refractivity contribution in [1.82, 2.24) is 5.32 Å². The topological polar surface area (TPSA) is 84.3 Å². The maximum atomic E-state index is 13.8. The smallest absolute Gasteiger partial charge is 0.421 e. The minimum Gasteiger partial charge on any atom is -0.440 e. The number of carbonyl (C=O) groups is 1. The fourth-order valence-electron chi connectivity index (χ4n) is 3.54. The number of carbonyl (C=O) groups excluding carboxylic acids is 1. The summed E-state index contributed by atoms with van der Waals surface area (Å²) in [6.45, 7) is 1.61. The summed E-state index contributed by atoms with van der Waals surface area (Å²) in [6, 6.07) is 7.61. The van der Waals surface area contributed by atoms with Crippen LogP contribution in [0.4, 0.5) is 28.0 Å². The van der Waals surface area contributed by atoms with Gasteiger partial charge in [-0.3, -0.25) is 4.99 Å². The van der Waals surface area contributed by atoms with Crippen LogP contribution in [0.25, 0.3) is 0 Å². The number of alkyl halides is 3. The molecule has 0 radical (unpaired) electrons. The highest BCUT2D eigenvalue weighted by molar-refractivity contribution is 6.30. The largest absolute Gasteiger partial charge is 0.440 e. The van der Waals surface area contributed by atoms with Crippen LogP contribution in [0.1, 0.15) is 18.9 Å². The summed E-state index contributed by atoms with van der Waals surface area (Å²) in [4.78, 5) is 20.8. The molecule has 1 saturated heterocycles. The van der Waals surface area contributed by atoms with E-state index in [4.69, 9.17) is 21.1 Å². The Morgan fingerprint density at radius 2 is 2.00 bits per heavy atom. The third-order valence-corrected chi connectivity index (χ3v) is 5.60. The average Bonchev–Trinajstić information content (AvgIpc) is 2.72. The van der Waals surface area contributed by atoms with Crippen molar-refractivity contribution in [3.05, 3.63) is 58.9 Å². The van der Waals surface area contributed by atoms with Gasteiger partial charge in [-0.1, -0.05) is 29.8 Å². The molecule has 0 bridgehead atoms. The monoisotopic (exact) mass is 498 g/mol. The molecule has 0 aliphatic carbocycles. The lowest BCUT2D eigenvalue weighted by Gasteiger charge is -2.43. The molecule has 2 amide bonds. The van der Waals surface area contributed by atoms with Gasteiger partial charge in [0.05, 0.1) is 11.6 Å². The molecule has 4 rings (SSSR count). The second-order valence-electron chi connectivity index (χ2n) is 7.62. The number of nitrogens with zero attached hydrogens (tertiary/aromatic N) is 2. The summed E-state index contributed by atoms with van der Waals surface area (Å²) in [7, 11) is 0. The van der Waals surface area contributed by atoms with Gasteiger partial charge in [-0.25, -0.2) is 14.2 Å². The third-order valence-electron chi connectivity index (χ3n) is 5.29. The van der Waals surface area contributed by atoms with E-state index < -0.39 is 35.8 Å². The molecule has 0 saturated carbocycles. The Labute approximate surface area is 196 Å². The maximum absolute atomic E-state index is 13.8. The number of anilines is 1. The second kappa shape index (κ2) is 9.22. The Kier molecular flexibility index (Phi) is 6.50. The van der Waals surface area contributed by atoms with Crippen LogP contribution in [0.15, 0.2) is 52.4 Å². The zero-order chi connectivity index (χ0) is 24.5. The van der Waals surface area contributed by atoms with E-state index >= 15 is 0 Å². The Morgan fingerprint density at radius 1 is 1.26 bits per heavy atom. The summed E-state index contributed by atoms with van der Waals surface area (Å²) >= 11 is 5.64. The highest BCUT2D eigenvalue weighted by Gasteiger charge is 2.62. The predicted octanol–water partition coefficient (Wildman–Crippen LogP) is 5.06. The van der Waals surface area contributed by atoms with E-state index in [2.05, 4.69) is 20.6 Å². The Balaban J connectivity index is 1.54. The maximum Gasteiger partial charge on any atom is 0.421 e. The van der Waals surface area contributed by atoms with E-state index in [-0.39, 0.29) is 40.9 Å². The molecule has 2 heterocycles. The van der Waals surface area contributed by atoms with E-state index in [1.165, 1.54) is 42.6 Å². The lowest BCUT2D eigenvalue weighted by Crippen LogP contribution is -2.53. The van der Waals surface area contributed by atoms with Crippen LogP contribution in [-0.4, -0.2) is 43.1 Å². The fourth-order valence-corrected chi connectivity index (χ4v) is 3.66. The number of hydrogen-bond acceptors (Lipinski definition) is 5. The Bertz CT molecular complexity index is 1150. The van der Waals surface area contributed by atoms with Crippen LogP contribution in [-0.2, 0) is 10.3 Å². The molecule has 180 valence electrons. The normalized spacial score (nSPS) is 24.1. The summed E-state index contributed by atoms with van der Waals surface area (Å²) in [5.74, 6) is -0.886. The van der Waals surface area contributed by atoms with Crippen LogP contribution < -0.4 is 15.4 Å². The van der Waals surface area contributed by atoms with Crippen LogP contribution in [0.2, 0.25) is 5.02 Å². The van der Waals surface area contributed by atoms with Gasteiger partial charge in [0.25, 0.3) is 0 Å². The van der Waals surface area contributed by atoms with Crippen LogP contribution >= 0.6 is 11.6 Å². The lowest BCUT2D eigenvalue weighted by atomic mass is 9.85. The molecule has 3 atom stereocenters. The molecule has 12 heteroatoms. The van der Waals surface area contributed by atoms with Gasteiger partial charge >= 0.3 is 12.2 Å². The van der Waals surface area contributed by atoms with Crippen molar-refractivity contribution in [3.8, 4) is 5.75 Å². The van der Waals surface area contributed by atoms with Gasteiger partial charge < -0.3 is 20.1 Å². The van der Waals surface area contributed by atoms with E-state index in [9.17, 15) is 22.4 Å². The zero-order valence-corrected chi connectivity index (χ0v) is 18.5. The zero-order valence-electron chi connectivity index (χ0n) is 17.7. The second-order valence-corrected chi connectivity index (χ2v) is 8.03. The molecule has 1 fully saturated rings. The van der Waals surface area contributed by atoms with Gasteiger partial charge in [-0.05, 0) is 31.2 Å². The summed E-state index contributed by atoms with van der Waals surface area (Å²) in [6.07, 6.45) is -4.12. The minimum absolute atomic E-state index is 0.0336. The van der Waals surface area contributed by atoms with Gasteiger partial charge in [-0.15, -0.1) is 0 Å². The average molecular weight is 499 g/mol. The first-order chi connectivity index (χ1) is 16.1. The van der Waals surface area contributed by atoms with E-state index in [0.29, 0.717) is 0 Å². The number of nitrogens with one attached hydrogen (secondary N) is 2. The Hall–Kier alpha value is -3.18. The number of halogens is 5. The number of amides is 2. The number of aliphatic imine (C=N–C) groups is 2. The lowest BCUT2D eigenvalue weighted by molar-refractivity contribution is -0.333. The highest BCUT2D eigenvalue weighted by atomic mass is 35.5. The van der Waals surface area contributed by atoms with Crippen molar-refractivity contribution in [2.45, 2.75) is 37.3 Å². The third kappa shape index (κ3) is 4.71. The molecular formula is C22H19ClF4N4O3. The summed E-state index contributed by atoms with van der Waals surface area (Å²) in [5.41, 5.74) is -2.52. The molecule has 0 aromatic heterocycles. The van der Waals surface area contributed by atoms with Gasteiger partial charge in [0.2, 0.25) is 5.90 Å². The predicted molar refractivity (Wildman–Crippen MR) is 118 cm³/mol. The molecule has 3 unspecified atom stereocenters. The molecule has 2 aromatic carbocycles. The first kappa shape index (κ1) is 24.0. The first-order valence-corrected chi connectivity index (χ1v) is 10.6. The molecule has 2 N–H and O–H groups in total. The Morgan fingerprint density at radius 3 is 2.65 bits per heavy atom. The van der Waals surface area contributed by atoms with Crippen LogP contribution in [0.5, 0.6) is 5.75 Å². The van der Waals surface area contributed by atoms with Crippen molar-refractivity contribution in [2.24, 2.45) is 9.98 Å². The fraction of sp³-hybridized carbons (Fsp3) is 0.318. The number of urea groups is 1. The van der Waals surface area contributed by atoms with Crippen LogP contribution in [0, 0.1) is 5.82 Å². The first-order valence-electron chi connectivity index (χ1n) is 10.2. The number of benzene rings is 2. The van der Waals surface area contributed by atoms with Crippen LogP contribution in [0.3, 0.4) is 0 Å². The van der Waals surface area contributed by atoms with Crippen molar-refractivity contribution in [3.63, 3.8) is 0 Å². The molecule has 7 nitrogen and oxygen atoms in total. The highest BCUT2D eigenvalue weighted by Crippen LogP contribution is 2.52. The van der Waals surface area contributed by atoms with Gasteiger partial charge in [-0.2, -0.15) is 13.2 Å². The van der Waals surface area contributed by atoms with Gasteiger partial charge in [0.15, 0.2) is 5.60 Å². The molecule has 2 aliphatic heterocycles. The number of rotatable bonds is 4. The van der Waals surface area contributed by atoms with Crippen molar-refractivity contribution in [1.29, 1.82) is 0 Å². The van der Waals surface area contributed by atoms with E-state index in [0.717, 1.165) is 6.07 Å². The molecule has 0 spiro atoms. The van der Waals surface area contributed by atoms with E-state index in [1.54, 1.807) is 6.92 Å². The summed E-state index contributed by atoms with van der Waals surface area (Å²) < 4.78 is 65.9. The number of para-hydroxylation sites is 1.